The number of carboxylic acids is 1. The van der Waals surface area contributed by atoms with Crippen molar-refractivity contribution in [3.63, 3.8) is 0 Å². The lowest BCUT2D eigenvalue weighted by molar-refractivity contribution is -0.141. The predicted molar refractivity (Wildman–Crippen MR) is 68.1 cm³/mol. The molecule has 0 aromatic heterocycles. The molecule has 1 N–H and O–H groups in total. The number of rotatable bonds is 4. The molecule has 18 heavy (non-hydrogen) atoms. The molecule has 4 heteroatoms. The lowest BCUT2D eigenvalue weighted by Gasteiger charge is -2.22. The van der Waals surface area contributed by atoms with Crippen LogP contribution in [-0.4, -0.2) is 35.0 Å². The van der Waals surface area contributed by atoms with Gasteiger partial charge < -0.3 is 10.0 Å². The van der Waals surface area contributed by atoms with Crippen molar-refractivity contribution in [2.24, 2.45) is 11.8 Å². The van der Waals surface area contributed by atoms with Gasteiger partial charge in [0.25, 0.3) is 0 Å². The number of hydrogen-bond donors (Lipinski definition) is 1. The van der Waals surface area contributed by atoms with Crippen molar-refractivity contribution in [3.05, 3.63) is 0 Å². The van der Waals surface area contributed by atoms with Crippen molar-refractivity contribution in [1.29, 1.82) is 0 Å². The molecular formula is C14H23NO3. The van der Waals surface area contributed by atoms with E-state index in [4.69, 9.17) is 5.11 Å². The molecule has 1 unspecified atom stereocenters. The predicted octanol–water partition coefficient (Wildman–Crippen LogP) is 2.28. The number of nitrogens with zero attached hydrogens (tertiary/aromatic N) is 1. The lowest BCUT2D eigenvalue weighted by atomic mass is 9.86. The molecule has 0 aromatic rings. The van der Waals surface area contributed by atoms with Crippen LogP contribution >= 0.6 is 0 Å². The van der Waals surface area contributed by atoms with Gasteiger partial charge in [-0.3, -0.25) is 9.59 Å². The van der Waals surface area contributed by atoms with E-state index >= 15 is 0 Å². The number of carbonyl (C=O) groups is 2. The minimum atomic E-state index is -0.766. The first kappa shape index (κ1) is 13.4. The highest BCUT2D eigenvalue weighted by Crippen LogP contribution is 2.28. The Kier molecular flexibility index (Phi) is 4.61. The molecule has 4 nitrogen and oxygen atoms in total. The van der Waals surface area contributed by atoms with Gasteiger partial charge in [-0.1, -0.05) is 32.1 Å². The topological polar surface area (TPSA) is 57.6 Å². The smallest absolute Gasteiger partial charge is 0.308 e. The maximum absolute atomic E-state index is 12.0. The highest BCUT2D eigenvalue weighted by atomic mass is 16.4. The average Bonchev–Trinajstić information content (AvgIpc) is 2.87. The fraction of sp³-hybridized carbons (Fsp3) is 0.857. The molecular weight excluding hydrogens is 230 g/mol. The first-order valence-electron chi connectivity index (χ1n) is 7.17. The average molecular weight is 253 g/mol. The van der Waals surface area contributed by atoms with Crippen molar-refractivity contribution < 1.29 is 14.7 Å². The Labute approximate surface area is 108 Å². The monoisotopic (exact) mass is 253 g/mol. The van der Waals surface area contributed by atoms with E-state index in [1.807, 2.05) is 0 Å². The molecule has 2 aliphatic rings. The molecule has 1 saturated heterocycles. The maximum atomic E-state index is 12.0. The molecule has 0 radical (unpaired) electrons. The quantitative estimate of drug-likeness (QED) is 0.836. The zero-order valence-corrected chi connectivity index (χ0v) is 10.9. The van der Waals surface area contributed by atoms with Crippen LogP contribution in [0.5, 0.6) is 0 Å². The molecule has 1 saturated carbocycles. The number of aliphatic carboxylic acids is 1. The van der Waals surface area contributed by atoms with Gasteiger partial charge in [-0.05, 0) is 18.8 Å². The summed E-state index contributed by atoms with van der Waals surface area (Å²) in [6, 6.07) is 0. The molecule has 1 amide bonds. The largest absolute Gasteiger partial charge is 0.481 e. The summed E-state index contributed by atoms with van der Waals surface area (Å²) in [6.07, 6.45) is 8.72. The highest BCUT2D eigenvalue weighted by molar-refractivity contribution is 5.78. The number of likely N-dealkylation sites (tertiary alicyclic amines) is 1. The SMILES string of the molecule is O=C(O)C1CCN(C(=O)CCC2CCCCC2)C1. The second-order valence-electron chi connectivity index (χ2n) is 5.71. The molecule has 0 bridgehead atoms. The Morgan fingerprint density at radius 2 is 1.83 bits per heavy atom. The van der Waals surface area contributed by atoms with Crippen LogP contribution in [0.25, 0.3) is 0 Å². The zero-order valence-electron chi connectivity index (χ0n) is 10.9. The fourth-order valence-corrected chi connectivity index (χ4v) is 3.15. The third-order valence-corrected chi connectivity index (χ3v) is 4.38. The molecule has 1 aliphatic carbocycles. The first-order chi connectivity index (χ1) is 8.66. The number of amides is 1. The van der Waals surface area contributed by atoms with E-state index in [1.54, 1.807) is 4.90 Å². The highest BCUT2D eigenvalue weighted by Gasteiger charge is 2.30. The Morgan fingerprint density at radius 3 is 2.44 bits per heavy atom. The van der Waals surface area contributed by atoms with Crippen LogP contribution in [0, 0.1) is 11.8 Å². The Hall–Kier alpha value is -1.06. The van der Waals surface area contributed by atoms with E-state index in [9.17, 15) is 9.59 Å². The van der Waals surface area contributed by atoms with Gasteiger partial charge in [-0.15, -0.1) is 0 Å². The van der Waals surface area contributed by atoms with Crippen molar-refractivity contribution >= 4 is 11.9 Å². The molecule has 1 atom stereocenters. The van der Waals surface area contributed by atoms with Gasteiger partial charge in [0.1, 0.15) is 0 Å². The Morgan fingerprint density at radius 1 is 1.11 bits per heavy atom. The van der Waals surface area contributed by atoms with Gasteiger partial charge >= 0.3 is 5.97 Å². The molecule has 0 spiro atoms. The van der Waals surface area contributed by atoms with Gasteiger partial charge in [-0.25, -0.2) is 0 Å². The third-order valence-electron chi connectivity index (χ3n) is 4.38. The summed E-state index contributed by atoms with van der Waals surface area (Å²) in [4.78, 5) is 24.6. The van der Waals surface area contributed by atoms with E-state index in [1.165, 1.54) is 32.1 Å². The van der Waals surface area contributed by atoms with E-state index in [-0.39, 0.29) is 11.8 Å². The second-order valence-corrected chi connectivity index (χ2v) is 5.71. The van der Waals surface area contributed by atoms with E-state index in [0.29, 0.717) is 25.9 Å². The third kappa shape index (κ3) is 3.47. The maximum Gasteiger partial charge on any atom is 0.308 e. The van der Waals surface area contributed by atoms with Crippen LogP contribution < -0.4 is 0 Å². The van der Waals surface area contributed by atoms with Crippen LogP contribution in [-0.2, 0) is 9.59 Å². The summed E-state index contributed by atoms with van der Waals surface area (Å²) in [5.74, 6) is -0.230. The van der Waals surface area contributed by atoms with Crippen LogP contribution in [0.1, 0.15) is 51.4 Å². The van der Waals surface area contributed by atoms with E-state index < -0.39 is 5.97 Å². The Balaban J connectivity index is 1.70. The van der Waals surface area contributed by atoms with Crippen LogP contribution in [0.3, 0.4) is 0 Å². The summed E-state index contributed by atoms with van der Waals surface area (Å²) in [7, 11) is 0. The minimum absolute atomic E-state index is 0.157. The van der Waals surface area contributed by atoms with Crippen LogP contribution in [0.4, 0.5) is 0 Å². The van der Waals surface area contributed by atoms with Crippen molar-refractivity contribution in [2.45, 2.75) is 51.4 Å². The molecule has 2 rings (SSSR count). The fourth-order valence-electron chi connectivity index (χ4n) is 3.15. The zero-order chi connectivity index (χ0) is 13.0. The van der Waals surface area contributed by atoms with Crippen LogP contribution in [0.2, 0.25) is 0 Å². The van der Waals surface area contributed by atoms with E-state index in [0.717, 1.165) is 12.3 Å². The van der Waals surface area contributed by atoms with Crippen molar-refractivity contribution in [1.82, 2.24) is 4.90 Å². The van der Waals surface area contributed by atoms with Crippen LogP contribution in [0.15, 0.2) is 0 Å². The van der Waals surface area contributed by atoms with Gasteiger partial charge in [0.05, 0.1) is 5.92 Å². The molecule has 102 valence electrons. The number of carbonyl (C=O) groups excluding carboxylic acids is 1. The summed E-state index contributed by atoms with van der Waals surface area (Å²) in [5.41, 5.74) is 0. The van der Waals surface area contributed by atoms with Crippen molar-refractivity contribution in [3.8, 4) is 0 Å². The minimum Gasteiger partial charge on any atom is -0.481 e. The molecule has 2 fully saturated rings. The summed E-state index contributed by atoms with van der Waals surface area (Å²) in [5, 5.41) is 8.91. The normalized spacial score (nSPS) is 25.3. The van der Waals surface area contributed by atoms with Gasteiger partial charge in [0, 0.05) is 19.5 Å². The standard InChI is InChI=1S/C14H23NO3/c16-13(7-6-11-4-2-1-3-5-11)15-9-8-12(10-15)14(17)18/h11-12H,1-10H2,(H,17,18). The number of hydrogen-bond acceptors (Lipinski definition) is 2. The summed E-state index contributed by atoms with van der Waals surface area (Å²) >= 11 is 0. The van der Waals surface area contributed by atoms with Gasteiger partial charge in [0.15, 0.2) is 0 Å². The molecule has 1 heterocycles. The van der Waals surface area contributed by atoms with E-state index in [2.05, 4.69) is 0 Å². The van der Waals surface area contributed by atoms with Gasteiger partial charge in [0.2, 0.25) is 5.91 Å². The lowest BCUT2D eigenvalue weighted by Crippen LogP contribution is -2.30. The molecule has 0 aromatic carbocycles. The number of carboxylic acid groups (broad SMARTS) is 1. The Bertz CT molecular complexity index is 310. The summed E-state index contributed by atoms with van der Waals surface area (Å²) < 4.78 is 0. The molecule has 1 aliphatic heterocycles. The summed E-state index contributed by atoms with van der Waals surface area (Å²) in [6.45, 7) is 1.04. The van der Waals surface area contributed by atoms with Crippen molar-refractivity contribution in [2.75, 3.05) is 13.1 Å². The van der Waals surface area contributed by atoms with Gasteiger partial charge in [-0.2, -0.15) is 0 Å². The first-order valence-corrected chi connectivity index (χ1v) is 7.17. The second kappa shape index (κ2) is 6.21.